The first-order chi connectivity index (χ1) is 9.25. The van der Waals surface area contributed by atoms with Gasteiger partial charge in [-0.2, -0.15) is 0 Å². The van der Waals surface area contributed by atoms with Crippen molar-refractivity contribution in [2.45, 2.75) is 38.7 Å². The van der Waals surface area contributed by atoms with Crippen LogP contribution in [0.5, 0.6) is 0 Å². The number of rotatable bonds is 6. The first-order valence-electron chi connectivity index (χ1n) is 7.02. The first-order valence-corrected chi connectivity index (χ1v) is 7.02. The highest BCUT2D eigenvalue weighted by molar-refractivity contribution is 5.25. The molecule has 2 aromatic rings. The van der Waals surface area contributed by atoms with E-state index in [1.54, 1.807) is 0 Å². The van der Waals surface area contributed by atoms with Crippen LogP contribution < -0.4 is 0 Å². The average Bonchev–Trinajstić information content (AvgIpc) is 2.45. The molecule has 0 saturated heterocycles. The molecule has 0 spiro atoms. The van der Waals surface area contributed by atoms with Crippen molar-refractivity contribution in [1.29, 1.82) is 0 Å². The molecule has 0 aliphatic carbocycles. The van der Waals surface area contributed by atoms with E-state index in [0.717, 1.165) is 25.7 Å². The van der Waals surface area contributed by atoms with Gasteiger partial charge in [0.2, 0.25) is 0 Å². The van der Waals surface area contributed by atoms with E-state index >= 15 is 0 Å². The van der Waals surface area contributed by atoms with E-state index in [1.807, 2.05) is 6.07 Å². The van der Waals surface area contributed by atoms with Crippen LogP contribution in [0.2, 0.25) is 0 Å². The van der Waals surface area contributed by atoms with Crippen LogP contribution in [0.1, 0.15) is 29.5 Å². The average molecular weight is 254 g/mol. The van der Waals surface area contributed by atoms with Gasteiger partial charge in [-0.25, -0.2) is 0 Å². The zero-order valence-electron chi connectivity index (χ0n) is 11.5. The monoisotopic (exact) mass is 254 g/mol. The van der Waals surface area contributed by atoms with E-state index in [0.29, 0.717) is 0 Å². The van der Waals surface area contributed by atoms with Crippen LogP contribution in [-0.4, -0.2) is 11.2 Å². The summed E-state index contributed by atoms with van der Waals surface area (Å²) in [6.45, 7) is 2.13. The van der Waals surface area contributed by atoms with Gasteiger partial charge in [0.15, 0.2) is 0 Å². The van der Waals surface area contributed by atoms with Crippen LogP contribution in [-0.2, 0) is 12.8 Å². The quantitative estimate of drug-likeness (QED) is 0.828. The Balaban J connectivity index is 1.76. The summed E-state index contributed by atoms with van der Waals surface area (Å²) in [6, 6.07) is 18.8. The van der Waals surface area contributed by atoms with Gasteiger partial charge < -0.3 is 5.11 Å². The summed E-state index contributed by atoms with van der Waals surface area (Å²) in [5, 5.41) is 10.1. The van der Waals surface area contributed by atoms with Gasteiger partial charge in [0.25, 0.3) is 0 Å². The fourth-order valence-corrected chi connectivity index (χ4v) is 2.33. The summed E-state index contributed by atoms with van der Waals surface area (Å²) in [4.78, 5) is 0. The highest BCUT2D eigenvalue weighted by Crippen LogP contribution is 2.13. The highest BCUT2D eigenvalue weighted by Gasteiger charge is 2.06. The van der Waals surface area contributed by atoms with E-state index < -0.39 is 0 Å². The Hall–Kier alpha value is -1.60. The number of aliphatic hydroxyl groups excluding tert-OH is 1. The third-order valence-corrected chi connectivity index (χ3v) is 3.62. The maximum Gasteiger partial charge on any atom is 0.0546 e. The molecule has 2 aromatic carbocycles. The molecule has 1 heteroatoms. The number of aryl methyl sites for hydroxylation is 3. The highest BCUT2D eigenvalue weighted by atomic mass is 16.3. The molecule has 0 amide bonds. The molecule has 1 N–H and O–H groups in total. The van der Waals surface area contributed by atoms with Crippen molar-refractivity contribution in [3.8, 4) is 0 Å². The lowest BCUT2D eigenvalue weighted by atomic mass is 9.99. The summed E-state index contributed by atoms with van der Waals surface area (Å²) in [5.74, 6) is 0. The molecule has 0 radical (unpaired) electrons. The second kappa shape index (κ2) is 7.10. The molecule has 0 fully saturated rings. The topological polar surface area (TPSA) is 20.2 Å². The molecule has 19 heavy (non-hydrogen) atoms. The Bertz CT molecular complexity index is 490. The lowest BCUT2D eigenvalue weighted by molar-refractivity contribution is 0.155. The molecule has 0 heterocycles. The standard InChI is InChI=1S/C18H22O/c1-15-7-5-6-10-17(15)12-14-18(19)13-11-16-8-3-2-4-9-16/h2-10,18-19H,11-14H2,1H3. The van der Waals surface area contributed by atoms with Gasteiger partial charge in [-0.3, -0.25) is 0 Å². The van der Waals surface area contributed by atoms with Crippen molar-refractivity contribution >= 4 is 0 Å². The van der Waals surface area contributed by atoms with E-state index in [-0.39, 0.29) is 6.10 Å². The molecule has 0 aliphatic heterocycles. The third-order valence-electron chi connectivity index (χ3n) is 3.62. The van der Waals surface area contributed by atoms with Crippen molar-refractivity contribution in [3.05, 3.63) is 71.3 Å². The molecule has 1 nitrogen and oxygen atoms in total. The van der Waals surface area contributed by atoms with Crippen LogP contribution >= 0.6 is 0 Å². The third kappa shape index (κ3) is 4.53. The van der Waals surface area contributed by atoms with E-state index in [2.05, 4.69) is 55.5 Å². The van der Waals surface area contributed by atoms with Crippen molar-refractivity contribution in [3.63, 3.8) is 0 Å². The fraction of sp³-hybridized carbons (Fsp3) is 0.333. The molecule has 100 valence electrons. The molecule has 1 atom stereocenters. The zero-order chi connectivity index (χ0) is 13.5. The molecule has 1 unspecified atom stereocenters. The number of aliphatic hydroxyl groups is 1. The second-order valence-corrected chi connectivity index (χ2v) is 5.14. The fourth-order valence-electron chi connectivity index (χ4n) is 2.33. The van der Waals surface area contributed by atoms with Crippen LogP contribution in [0.15, 0.2) is 54.6 Å². The van der Waals surface area contributed by atoms with E-state index in [9.17, 15) is 5.11 Å². The van der Waals surface area contributed by atoms with Gasteiger partial charge in [-0.05, 0) is 49.3 Å². The minimum Gasteiger partial charge on any atom is -0.393 e. The lowest BCUT2D eigenvalue weighted by Gasteiger charge is -2.11. The maximum absolute atomic E-state index is 10.1. The smallest absolute Gasteiger partial charge is 0.0546 e. The first kappa shape index (κ1) is 13.8. The number of benzene rings is 2. The van der Waals surface area contributed by atoms with E-state index in [1.165, 1.54) is 16.7 Å². The summed E-state index contributed by atoms with van der Waals surface area (Å²) in [7, 11) is 0. The van der Waals surface area contributed by atoms with Crippen LogP contribution in [0.25, 0.3) is 0 Å². The Labute approximate surface area is 115 Å². The molecular weight excluding hydrogens is 232 g/mol. The summed E-state index contributed by atoms with van der Waals surface area (Å²) < 4.78 is 0. The Morgan fingerprint density at radius 2 is 1.47 bits per heavy atom. The molecule has 2 rings (SSSR count). The number of hydrogen-bond donors (Lipinski definition) is 1. The Morgan fingerprint density at radius 3 is 2.21 bits per heavy atom. The summed E-state index contributed by atoms with van der Waals surface area (Å²) in [5.41, 5.74) is 3.97. The minimum absolute atomic E-state index is 0.209. The van der Waals surface area contributed by atoms with Crippen molar-refractivity contribution < 1.29 is 5.11 Å². The van der Waals surface area contributed by atoms with Crippen LogP contribution in [0.3, 0.4) is 0 Å². The second-order valence-electron chi connectivity index (χ2n) is 5.14. The van der Waals surface area contributed by atoms with Gasteiger partial charge in [0.05, 0.1) is 6.10 Å². The van der Waals surface area contributed by atoms with Crippen LogP contribution in [0.4, 0.5) is 0 Å². The predicted molar refractivity (Wildman–Crippen MR) is 80.3 cm³/mol. The Kier molecular flexibility index (Phi) is 5.17. The predicted octanol–water partition coefficient (Wildman–Crippen LogP) is 3.92. The van der Waals surface area contributed by atoms with Crippen molar-refractivity contribution in [1.82, 2.24) is 0 Å². The Morgan fingerprint density at radius 1 is 0.842 bits per heavy atom. The number of hydrogen-bond acceptors (Lipinski definition) is 1. The molecule has 0 bridgehead atoms. The largest absolute Gasteiger partial charge is 0.393 e. The molecular formula is C18H22O. The lowest BCUT2D eigenvalue weighted by Crippen LogP contribution is -2.09. The van der Waals surface area contributed by atoms with Gasteiger partial charge in [-0.15, -0.1) is 0 Å². The maximum atomic E-state index is 10.1. The summed E-state index contributed by atoms with van der Waals surface area (Å²) in [6.07, 6.45) is 3.39. The van der Waals surface area contributed by atoms with Gasteiger partial charge in [0.1, 0.15) is 0 Å². The van der Waals surface area contributed by atoms with Crippen molar-refractivity contribution in [2.75, 3.05) is 0 Å². The summed E-state index contributed by atoms with van der Waals surface area (Å²) >= 11 is 0. The molecule has 0 aromatic heterocycles. The van der Waals surface area contributed by atoms with Gasteiger partial charge >= 0.3 is 0 Å². The molecule has 0 aliphatic rings. The van der Waals surface area contributed by atoms with Crippen molar-refractivity contribution in [2.24, 2.45) is 0 Å². The SMILES string of the molecule is Cc1ccccc1CCC(O)CCc1ccccc1. The zero-order valence-corrected chi connectivity index (χ0v) is 11.5. The minimum atomic E-state index is -0.209. The normalized spacial score (nSPS) is 12.3. The van der Waals surface area contributed by atoms with Gasteiger partial charge in [0, 0.05) is 0 Å². The van der Waals surface area contributed by atoms with E-state index in [4.69, 9.17) is 0 Å². The van der Waals surface area contributed by atoms with Crippen LogP contribution in [0, 0.1) is 6.92 Å². The molecule has 0 saturated carbocycles. The van der Waals surface area contributed by atoms with Gasteiger partial charge in [-0.1, -0.05) is 54.6 Å².